The Bertz CT molecular complexity index is 856. The molecule has 0 saturated carbocycles. The molecule has 3 rings (SSSR count). The molecule has 96 valence electrons. The zero-order valence-electron chi connectivity index (χ0n) is 10.9. The van der Waals surface area contributed by atoms with Crippen molar-refractivity contribution >= 4 is 16.8 Å². The highest BCUT2D eigenvalue weighted by Crippen LogP contribution is 2.21. The van der Waals surface area contributed by atoms with E-state index in [9.17, 15) is 4.79 Å². The van der Waals surface area contributed by atoms with Gasteiger partial charge in [0.2, 0.25) is 0 Å². The Labute approximate surface area is 115 Å². The van der Waals surface area contributed by atoms with Gasteiger partial charge < -0.3 is 0 Å². The second kappa shape index (κ2) is 4.63. The summed E-state index contributed by atoms with van der Waals surface area (Å²) in [5, 5.41) is 9.89. The zero-order valence-corrected chi connectivity index (χ0v) is 10.9. The predicted molar refractivity (Wildman–Crippen MR) is 75.4 cm³/mol. The number of carbonyl (C=O) groups excluding carboxylic acids is 1. The van der Waals surface area contributed by atoms with Crippen LogP contribution in [0.1, 0.15) is 21.5 Å². The second-order valence-electron chi connectivity index (χ2n) is 4.59. The molecule has 2 heterocycles. The molecule has 1 aromatic carbocycles. The van der Waals surface area contributed by atoms with E-state index in [1.807, 2.05) is 25.1 Å². The number of rotatable bonds is 1. The first kappa shape index (κ1) is 12.1. The summed E-state index contributed by atoms with van der Waals surface area (Å²) in [6.07, 6.45) is 4.78. The SMILES string of the molecule is Cc1cccc(C(=O)n2cc(C#N)c3ccncc32)c1. The average Bonchev–Trinajstić information content (AvgIpc) is 2.85. The van der Waals surface area contributed by atoms with E-state index in [1.165, 1.54) is 4.57 Å². The van der Waals surface area contributed by atoms with E-state index in [1.54, 1.807) is 30.7 Å². The summed E-state index contributed by atoms with van der Waals surface area (Å²) in [7, 11) is 0. The van der Waals surface area contributed by atoms with Crippen molar-refractivity contribution in [3.8, 4) is 6.07 Å². The van der Waals surface area contributed by atoms with Crippen molar-refractivity contribution < 1.29 is 4.79 Å². The number of aromatic nitrogens is 2. The number of nitrogens with zero attached hydrogens (tertiary/aromatic N) is 3. The number of pyridine rings is 1. The molecule has 0 amide bonds. The Morgan fingerprint density at radius 3 is 2.95 bits per heavy atom. The molecule has 20 heavy (non-hydrogen) atoms. The lowest BCUT2D eigenvalue weighted by Crippen LogP contribution is -2.10. The van der Waals surface area contributed by atoms with Gasteiger partial charge in [0.1, 0.15) is 6.07 Å². The van der Waals surface area contributed by atoms with Crippen molar-refractivity contribution in [1.29, 1.82) is 5.26 Å². The van der Waals surface area contributed by atoms with Gasteiger partial charge in [-0.15, -0.1) is 0 Å². The van der Waals surface area contributed by atoms with Crippen LogP contribution in [0.4, 0.5) is 0 Å². The summed E-state index contributed by atoms with van der Waals surface area (Å²) in [6.45, 7) is 1.94. The minimum Gasteiger partial charge on any atom is -0.280 e. The number of fused-ring (bicyclic) bond motifs is 1. The summed E-state index contributed by atoms with van der Waals surface area (Å²) < 4.78 is 1.48. The van der Waals surface area contributed by atoms with Crippen LogP contribution in [0.25, 0.3) is 10.9 Å². The summed E-state index contributed by atoms with van der Waals surface area (Å²) >= 11 is 0. The normalized spacial score (nSPS) is 10.4. The van der Waals surface area contributed by atoms with Crippen molar-refractivity contribution in [1.82, 2.24) is 9.55 Å². The molecule has 3 aromatic rings. The van der Waals surface area contributed by atoms with Crippen LogP contribution in [0.2, 0.25) is 0 Å². The van der Waals surface area contributed by atoms with Crippen LogP contribution in [0.15, 0.2) is 48.9 Å². The third-order valence-electron chi connectivity index (χ3n) is 3.21. The number of carbonyl (C=O) groups is 1. The predicted octanol–water partition coefficient (Wildman–Crippen LogP) is 2.90. The molecule has 0 aliphatic rings. The number of aryl methyl sites for hydroxylation is 1. The molecule has 0 N–H and O–H groups in total. The molecule has 2 aromatic heterocycles. The van der Waals surface area contributed by atoms with Crippen LogP contribution in [-0.2, 0) is 0 Å². The summed E-state index contributed by atoms with van der Waals surface area (Å²) in [5.41, 5.74) is 2.74. The maximum absolute atomic E-state index is 12.6. The van der Waals surface area contributed by atoms with Crippen LogP contribution >= 0.6 is 0 Å². The van der Waals surface area contributed by atoms with Gasteiger partial charge >= 0.3 is 0 Å². The Morgan fingerprint density at radius 1 is 1.35 bits per heavy atom. The Kier molecular flexibility index (Phi) is 2.81. The molecule has 0 atom stereocenters. The van der Waals surface area contributed by atoms with E-state index >= 15 is 0 Å². The van der Waals surface area contributed by atoms with Gasteiger partial charge in [-0.25, -0.2) is 0 Å². The number of hydrogen-bond acceptors (Lipinski definition) is 3. The standard InChI is InChI=1S/C16H11N3O/c1-11-3-2-4-12(7-11)16(20)19-10-13(8-17)14-5-6-18-9-15(14)19/h2-7,9-10H,1H3. The van der Waals surface area contributed by atoms with Gasteiger partial charge in [-0.3, -0.25) is 14.3 Å². The highest BCUT2D eigenvalue weighted by atomic mass is 16.2. The quantitative estimate of drug-likeness (QED) is 0.676. The van der Waals surface area contributed by atoms with Crippen LogP contribution in [0.5, 0.6) is 0 Å². The minimum absolute atomic E-state index is 0.159. The highest BCUT2D eigenvalue weighted by Gasteiger charge is 2.15. The van der Waals surface area contributed by atoms with Gasteiger partial charge in [0.15, 0.2) is 0 Å². The van der Waals surface area contributed by atoms with Crippen molar-refractivity contribution in [2.45, 2.75) is 6.92 Å². The third-order valence-corrected chi connectivity index (χ3v) is 3.21. The van der Waals surface area contributed by atoms with E-state index in [2.05, 4.69) is 11.1 Å². The van der Waals surface area contributed by atoms with Gasteiger partial charge in [-0.2, -0.15) is 5.26 Å². The van der Waals surface area contributed by atoms with E-state index < -0.39 is 0 Å². The first-order valence-electron chi connectivity index (χ1n) is 6.17. The molecule has 0 bridgehead atoms. The fourth-order valence-corrected chi connectivity index (χ4v) is 2.25. The van der Waals surface area contributed by atoms with Crippen LogP contribution in [0.3, 0.4) is 0 Å². The van der Waals surface area contributed by atoms with E-state index in [4.69, 9.17) is 5.26 Å². The third kappa shape index (κ3) is 1.86. The lowest BCUT2D eigenvalue weighted by Gasteiger charge is -2.04. The maximum atomic E-state index is 12.6. The number of benzene rings is 1. The smallest absolute Gasteiger partial charge is 0.262 e. The van der Waals surface area contributed by atoms with E-state index in [0.717, 1.165) is 10.9 Å². The number of hydrogen-bond donors (Lipinski definition) is 0. The summed E-state index contributed by atoms with van der Waals surface area (Å²) in [6, 6.07) is 11.2. The summed E-state index contributed by atoms with van der Waals surface area (Å²) in [5.74, 6) is -0.159. The van der Waals surface area contributed by atoms with Crippen LogP contribution in [-0.4, -0.2) is 15.5 Å². The molecule has 0 unspecified atom stereocenters. The average molecular weight is 261 g/mol. The fourth-order valence-electron chi connectivity index (χ4n) is 2.25. The Hall–Kier alpha value is -2.93. The molecule has 4 heteroatoms. The molecule has 0 aliphatic heterocycles. The highest BCUT2D eigenvalue weighted by molar-refractivity contribution is 6.03. The fraction of sp³-hybridized carbons (Fsp3) is 0.0625. The lowest BCUT2D eigenvalue weighted by atomic mass is 10.1. The molecular formula is C16H11N3O. The van der Waals surface area contributed by atoms with Crippen molar-refractivity contribution in [3.05, 3.63) is 65.6 Å². The Morgan fingerprint density at radius 2 is 2.20 bits per heavy atom. The Balaban J connectivity index is 2.20. The van der Waals surface area contributed by atoms with Gasteiger partial charge in [0.05, 0.1) is 17.3 Å². The van der Waals surface area contributed by atoms with E-state index in [0.29, 0.717) is 16.6 Å². The van der Waals surface area contributed by atoms with Gasteiger partial charge in [-0.05, 0) is 25.1 Å². The van der Waals surface area contributed by atoms with Gasteiger partial charge in [0.25, 0.3) is 5.91 Å². The monoisotopic (exact) mass is 261 g/mol. The number of nitriles is 1. The topological polar surface area (TPSA) is 58.7 Å². The minimum atomic E-state index is -0.159. The molecule has 0 fully saturated rings. The molecule has 0 saturated heterocycles. The van der Waals surface area contributed by atoms with Crippen molar-refractivity contribution in [2.24, 2.45) is 0 Å². The molecule has 0 aliphatic carbocycles. The zero-order chi connectivity index (χ0) is 14.1. The molecular weight excluding hydrogens is 250 g/mol. The van der Waals surface area contributed by atoms with Gasteiger partial charge in [0, 0.05) is 23.3 Å². The van der Waals surface area contributed by atoms with Crippen molar-refractivity contribution in [3.63, 3.8) is 0 Å². The van der Waals surface area contributed by atoms with Crippen molar-refractivity contribution in [2.75, 3.05) is 0 Å². The first-order chi connectivity index (χ1) is 9.70. The molecule has 0 radical (unpaired) electrons. The lowest BCUT2D eigenvalue weighted by molar-refractivity contribution is 0.0965. The second-order valence-corrected chi connectivity index (χ2v) is 4.59. The van der Waals surface area contributed by atoms with Gasteiger partial charge in [-0.1, -0.05) is 17.7 Å². The molecule has 0 spiro atoms. The summed E-state index contributed by atoms with van der Waals surface area (Å²) in [4.78, 5) is 16.6. The van der Waals surface area contributed by atoms with Crippen LogP contribution < -0.4 is 0 Å². The maximum Gasteiger partial charge on any atom is 0.262 e. The van der Waals surface area contributed by atoms with E-state index in [-0.39, 0.29) is 5.91 Å². The largest absolute Gasteiger partial charge is 0.280 e. The first-order valence-corrected chi connectivity index (χ1v) is 6.17. The van der Waals surface area contributed by atoms with Crippen LogP contribution in [0, 0.1) is 18.3 Å². The molecule has 4 nitrogen and oxygen atoms in total.